The summed E-state index contributed by atoms with van der Waals surface area (Å²) in [5.41, 5.74) is 12.2. The number of fused-ring (bicyclic) bond motifs is 2. The number of nitrogens with zero attached hydrogens (tertiary/aromatic N) is 3. The van der Waals surface area contributed by atoms with Crippen molar-refractivity contribution in [1.82, 2.24) is 15.0 Å². The van der Waals surface area contributed by atoms with Gasteiger partial charge in [0.1, 0.15) is 0 Å². The van der Waals surface area contributed by atoms with E-state index in [1.165, 1.54) is 44.0 Å². The molecule has 10 aromatic rings. The van der Waals surface area contributed by atoms with Crippen molar-refractivity contribution in [1.29, 1.82) is 0 Å². The van der Waals surface area contributed by atoms with Crippen LogP contribution in [0.3, 0.4) is 0 Å². The molecule has 0 saturated heterocycles. The van der Waals surface area contributed by atoms with Crippen LogP contribution in [0, 0.1) is 0 Å². The van der Waals surface area contributed by atoms with Crippen LogP contribution in [-0.2, 0) is 0 Å². The van der Waals surface area contributed by atoms with Crippen molar-refractivity contribution in [2.75, 3.05) is 0 Å². The fraction of sp³-hybridized carbons (Fsp3) is 0. The molecule has 0 N–H and O–H groups in total. The monoisotopic (exact) mass is 713 g/mol. The van der Waals surface area contributed by atoms with E-state index < -0.39 is 0 Å². The van der Waals surface area contributed by atoms with Crippen LogP contribution >= 0.6 is 0 Å². The maximum absolute atomic E-state index is 5.14. The first-order valence-electron chi connectivity index (χ1n) is 18.9. The lowest BCUT2D eigenvalue weighted by Crippen LogP contribution is -2.00. The van der Waals surface area contributed by atoms with Gasteiger partial charge in [0.05, 0.1) is 0 Å². The average Bonchev–Trinajstić information content (AvgIpc) is 3.29. The smallest absolute Gasteiger partial charge is 0.164 e. The van der Waals surface area contributed by atoms with Gasteiger partial charge in [0.15, 0.2) is 17.5 Å². The molecular weight excluding hydrogens is 679 g/mol. The molecule has 9 aromatic carbocycles. The molecule has 10 rings (SSSR count). The van der Waals surface area contributed by atoms with Crippen LogP contribution in [0.25, 0.3) is 100 Å². The second-order valence-electron chi connectivity index (χ2n) is 14.1. The van der Waals surface area contributed by atoms with Gasteiger partial charge in [0.2, 0.25) is 0 Å². The van der Waals surface area contributed by atoms with Crippen LogP contribution in [0.4, 0.5) is 0 Å². The summed E-state index contributed by atoms with van der Waals surface area (Å²) < 4.78 is 0. The highest BCUT2D eigenvalue weighted by Gasteiger charge is 2.15. The first-order valence-corrected chi connectivity index (χ1v) is 18.9. The minimum absolute atomic E-state index is 0.631. The summed E-state index contributed by atoms with van der Waals surface area (Å²) in [5, 5.41) is 4.71. The first-order chi connectivity index (χ1) is 27.7. The average molecular weight is 714 g/mol. The Morgan fingerprint density at radius 3 is 0.929 bits per heavy atom. The Labute approximate surface area is 326 Å². The number of hydrogen-bond donors (Lipinski definition) is 0. The second-order valence-corrected chi connectivity index (χ2v) is 14.1. The van der Waals surface area contributed by atoms with Gasteiger partial charge in [0.25, 0.3) is 0 Å². The highest BCUT2D eigenvalue weighted by atomic mass is 15.0. The summed E-state index contributed by atoms with van der Waals surface area (Å²) in [6.45, 7) is 0. The van der Waals surface area contributed by atoms with Gasteiger partial charge in [-0.1, -0.05) is 182 Å². The zero-order valence-corrected chi connectivity index (χ0v) is 30.5. The maximum Gasteiger partial charge on any atom is 0.164 e. The minimum atomic E-state index is 0.631. The Balaban J connectivity index is 1.04. The third-order valence-electron chi connectivity index (χ3n) is 10.5. The predicted molar refractivity (Wildman–Crippen MR) is 233 cm³/mol. The molecule has 3 heteroatoms. The molecule has 0 aliphatic heterocycles. The van der Waals surface area contributed by atoms with Gasteiger partial charge in [-0.15, -0.1) is 0 Å². The lowest BCUT2D eigenvalue weighted by Gasteiger charge is -2.11. The van der Waals surface area contributed by atoms with Crippen LogP contribution in [0.1, 0.15) is 0 Å². The predicted octanol–water partition coefficient (Wildman–Crippen LogP) is 13.8. The molecule has 0 amide bonds. The zero-order chi connectivity index (χ0) is 37.3. The third-order valence-corrected chi connectivity index (χ3v) is 10.5. The maximum atomic E-state index is 5.14. The van der Waals surface area contributed by atoms with Crippen LogP contribution in [0.5, 0.6) is 0 Å². The van der Waals surface area contributed by atoms with Crippen molar-refractivity contribution in [3.05, 3.63) is 212 Å². The van der Waals surface area contributed by atoms with Gasteiger partial charge in [-0.25, -0.2) is 15.0 Å². The van der Waals surface area contributed by atoms with Crippen LogP contribution < -0.4 is 0 Å². The number of benzene rings is 9. The molecular formula is C53H35N3. The van der Waals surface area contributed by atoms with Crippen LogP contribution in [0.2, 0.25) is 0 Å². The van der Waals surface area contributed by atoms with E-state index in [0.29, 0.717) is 17.5 Å². The van der Waals surface area contributed by atoms with E-state index in [1.54, 1.807) is 0 Å². The van der Waals surface area contributed by atoms with Crippen LogP contribution in [-0.4, -0.2) is 15.0 Å². The number of rotatable bonds is 7. The molecule has 56 heavy (non-hydrogen) atoms. The molecule has 0 spiro atoms. The van der Waals surface area contributed by atoms with E-state index in [1.807, 2.05) is 12.1 Å². The van der Waals surface area contributed by atoms with Crippen LogP contribution in [0.15, 0.2) is 212 Å². The molecule has 0 saturated carbocycles. The SMILES string of the molecule is c1ccc(-c2ccc(-c3nc(-c4cccc(-c5ccc6cc(-c7ccccc7)ccc6c5)c4)nc(-c4ccc5cc(-c6ccccc6)ccc5c4)n3)cc2)cc1. The van der Waals surface area contributed by atoms with E-state index >= 15 is 0 Å². The summed E-state index contributed by atoms with van der Waals surface area (Å²) >= 11 is 0. The summed E-state index contributed by atoms with van der Waals surface area (Å²) in [4.78, 5) is 15.3. The first kappa shape index (κ1) is 33.1. The largest absolute Gasteiger partial charge is 0.208 e. The van der Waals surface area contributed by atoms with Crippen molar-refractivity contribution >= 4 is 21.5 Å². The lowest BCUT2D eigenvalue weighted by atomic mass is 9.97. The summed E-state index contributed by atoms with van der Waals surface area (Å²) in [6.07, 6.45) is 0. The van der Waals surface area contributed by atoms with Crippen molar-refractivity contribution in [3.8, 4) is 78.7 Å². The Morgan fingerprint density at radius 2 is 0.446 bits per heavy atom. The lowest BCUT2D eigenvalue weighted by molar-refractivity contribution is 1.07. The Bertz CT molecular complexity index is 2990. The van der Waals surface area contributed by atoms with Crippen molar-refractivity contribution in [2.45, 2.75) is 0 Å². The molecule has 0 radical (unpaired) electrons. The van der Waals surface area contributed by atoms with Crippen molar-refractivity contribution in [2.24, 2.45) is 0 Å². The van der Waals surface area contributed by atoms with E-state index in [2.05, 4.69) is 200 Å². The molecule has 1 aromatic heterocycles. The van der Waals surface area contributed by atoms with E-state index in [-0.39, 0.29) is 0 Å². The fourth-order valence-electron chi connectivity index (χ4n) is 7.47. The molecule has 1 heterocycles. The fourth-order valence-corrected chi connectivity index (χ4v) is 7.47. The van der Waals surface area contributed by atoms with Gasteiger partial charge < -0.3 is 0 Å². The highest BCUT2D eigenvalue weighted by Crippen LogP contribution is 2.33. The molecule has 0 aliphatic rings. The quantitative estimate of drug-likeness (QED) is 0.165. The normalized spacial score (nSPS) is 11.2. The Kier molecular flexibility index (Phi) is 8.51. The highest BCUT2D eigenvalue weighted by molar-refractivity contribution is 5.92. The van der Waals surface area contributed by atoms with Gasteiger partial charge >= 0.3 is 0 Å². The Morgan fingerprint density at radius 1 is 0.179 bits per heavy atom. The molecule has 3 nitrogen and oxygen atoms in total. The van der Waals surface area contributed by atoms with Gasteiger partial charge in [-0.3, -0.25) is 0 Å². The summed E-state index contributed by atoms with van der Waals surface area (Å²) in [5.74, 6) is 1.90. The van der Waals surface area contributed by atoms with Gasteiger partial charge in [0, 0.05) is 16.7 Å². The van der Waals surface area contributed by atoms with E-state index in [9.17, 15) is 0 Å². The van der Waals surface area contributed by atoms with Crippen molar-refractivity contribution < 1.29 is 0 Å². The molecule has 262 valence electrons. The van der Waals surface area contributed by atoms with E-state index in [4.69, 9.17) is 15.0 Å². The molecule has 0 bridgehead atoms. The molecule has 0 unspecified atom stereocenters. The third kappa shape index (κ3) is 6.63. The van der Waals surface area contributed by atoms with Gasteiger partial charge in [-0.2, -0.15) is 0 Å². The minimum Gasteiger partial charge on any atom is -0.208 e. The second kappa shape index (κ2) is 14.4. The Hall–Kier alpha value is -7.49. The number of aromatic nitrogens is 3. The standard InChI is InChI=1S/C53H35N3/c1-4-11-36(12-5-1)39-19-21-40(22-20-39)51-54-52(56-53(55-51)50-30-29-47-32-43(24-26-48(47)35-50)38-15-8-3-9-16-38)49-18-10-17-41(34-49)44-27-28-45-31-42(23-25-46(45)33-44)37-13-6-2-7-14-37/h1-35H. The van der Waals surface area contributed by atoms with E-state index in [0.717, 1.165) is 38.8 Å². The molecule has 0 atom stereocenters. The molecule has 0 fully saturated rings. The summed E-state index contributed by atoms with van der Waals surface area (Å²) in [6, 6.07) is 74.9. The van der Waals surface area contributed by atoms with Crippen molar-refractivity contribution in [3.63, 3.8) is 0 Å². The topological polar surface area (TPSA) is 38.7 Å². The number of hydrogen-bond acceptors (Lipinski definition) is 3. The molecule has 0 aliphatic carbocycles. The summed E-state index contributed by atoms with van der Waals surface area (Å²) in [7, 11) is 0. The van der Waals surface area contributed by atoms with Gasteiger partial charge in [-0.05, 0) is 96.4 Å². The zero-order valence-electron chi connectivity index (χ0n) is 30.5.